The maximum absolute atomic E-state index is 13.2. The summed E-state index contributed by atoms with van der Waals surface area (Å²) in [6, 6.07) is 5.28. The Morgan fingerprint density at radius 1 is 1.16 bits per heavy atom. The van der Waals surface area contributed by atoms with Crippen molar-refractivity contribution in [2.45, 2.75) is 23.5 Å². The van der Waals surface area contributed by atoms with Gasteiger partial charge in [0.25, 0.3) is 0 Å². The molecule has 0 fully saturated rings. The van der Waals surface area contributed by atoms with Crippen LogP contribution in [0.1, 0.15) is 17.2 Å². The van der Waals surface area contributed by atoms with Gasteiger partial charge in [-0.25, -0.2) is 12.8 Å². The lowest BCUT2D eigenvalue weighted by molar-refractivity contribution is 0.113. The highest BCUT2D eigenvalue weighted by molar-refractivity contribution is 7.89. The highest BCUT2D eigenvalue weighted by atomic mass is 35.5. The van der Waals surface area contributed by atoms with Crippen LogP contribution in [0, 0.1) is 5.82 Å². The van der Waals surface area contributed by atoms with Crippen LogP contribution in [-0.2, 0) is 16.4 Å². The minimum atomic E-state index is -4.08. The number of sulfonamides is 1. The number of benzene rings is 2. The van der Waals surface area contributed by atoms with Crippen molar-refractivity contribution in [1.29, 1.82) is 0 Å². The first-order valence-corrected chi connectivity index (χ1v) is 9.79. The van der Waals surface area contributed by atoms with Crippen LogP contribution in [-0.4, -0.2) is 31.0 Å². The second kappa shape index (κ2) is 6.68. The first-order valence-electron chi connectivity index (χ1n) is 7.22. The smallest absolute Gasteiger partial charge is 0.244 e. The second-order valence-corrected chi connectivity index (χ2v) is 8.98. The van der Waals surface area contributed by atoms with E-state index in [4.69, 9.17) is 34.8 Å². The lowest BCUT2D eigenvalue weighted by Crippen LogP contribution is -2.36. The third-order valence-electron chi connectivity index (χ3n) is 4.23. The zero-order chi connectivity index (χ0) is 18.5. The molecule has 0 saturated heterocycles. The number of hydrogen-bond acceptors (Lipinski definition) is 3. The third-order valence-corrected chi connectivity index (χ3v) is 7.11. The van der Waals surface area contributed by atoms with Crippen molar-refractivity contribution < 1.29 is 17.9 Å². The van der Waals surface area contributed by atoms with Gasteiger partial charge in [-0.1, -0.05) is 34.8 Å². The van der Waals surface area contributed by atoms with Crippen LogP contribution in [0.15, 0.2) is 35.2 Å². The molecule has 2 aromatic carbocycles. The average molecular weight is 425 g/mol. The number of nitrogens with zero attached hydrogens (tertiary/aromatic N) is 1. The summed E-state index contributed by atoms with van der Waals surface area (Å²) in [7, 11) is -2.76. The number of likely N-dealkylation sites (N-methyl/N-ethyl adjacent to an activating group) is 1. The molecule has 3 rings (SSSR count). The molecule has 0 bridgehead atoms. The molecule has 2 atom stereocenters. The standard InChI is InChI=1S/C16H13Cl3FNO3S/c1-21(25(23,24)15-3-2-9(20)6-13(15)19)16-11-4-8(17)5-12(18)10(11)7-14(16)22/h2-6,14,16,22H,7H2,1H3/t14-,16-/m1/s1. The first-order chi connectivity index (χ1) is 11.6. The van der Waals surface area contributed by atoms with Gasteiger partial charge in [-0.2, -0.15) is 4.31 Å². The number of hydrogen-bond donors (Lipinski definition) is 1. The highest BCUT2D eigenvalue weighted by Gasteiger charge is 2.41. The van der Waals surface area contributed by atoms with Gasteiger partial charge < -0.3 is 5.11 Å². The minimum Gasteiger partial charge on any atom is -0.391 e. The van der Waals surface area contributed by atoms with Gasteiger partial charge in [0.05, 0.1) is 17.2 Å². The summed E-state index contributed by atoms with van der Waals surface area (Å²) in [5.41, 5.74) is 1.19. The summed E-state index contributed by atoms with van der Waals surface area (Å²) in [4.78, 5) is -0.244. The number of halogens is 4. The molecular weight excluding hydrogens is 412 g/mol. The third kappa shape index (κ3) is 3.27. The molecule has 0 spiro atoms. The Hall–Kier alpha value is -0.890. The molecule has 0 heterocycles. The Bertz CT molecular complexity index is 952. The normalized spacial score (nSPS) is 20.1. The molecule has 0 saturated carbocycles. The quantitative estimate of drug-likeness (QED) is 0.808. The van der Waals surface area contributed by atoms with E-state index in [1.54, 1.807) is 12.1 Å². The predicted octanol–water partition coefficient (Wildman–Crippen LogP) is 4.06. The fraction of sp³-hybridized carbons (Fsp3) is 0.250. The lowest BCUT2D eigenvalue weighted by atomic mass is 10.1. The van der Waals surface area contributed by atoms with Crippen molar-refractivity contribution in [2.24, 2.45) is 0 Å². The van der Waals surface area contributed by atoms with Crippen LogP contribution >= 0.6 is 34.8 Å². The molecule has 0 aliphatic heterocycles. The number of aliphatic hydroxyl groups is 1. The number of fused-ring (bicyclic) bond motifs is 1. The average Bonchev–Trinajstić information content (AvgIpc) is 2.82. The zero-order valence-corrected chi connectivity index (χ0v) is 16.0. The summed E-state index contributed by atoms with van der Waals surface area (Å²) in [6.45, 7) is 0. The van der Waals surface area contributed by atoms with E-state index in [0.29, 0.717) is 21.2 Å². The van der Waals surface area contributed by atoms with Crippen molar-refractivity contribution in [1.82, 2.24) is 4.31 Å². The van der Waals surface area contributed by atoms with Crippen molar-refractivity contribution in [3.05, 3.63) is 62.3 Å². The predicted molar refractivity (Wildman–Crippen MR) is 95.3 cm³/mol. The van der Waals surface area contributed by atoms with E-state index in [-0.39, 0.29) is 16.3 Å². The first kappa shape index (κ1) is 18.9. The minimum absolute atomic E-state index is 0.201. The van der Waals surface area contributed by atoms with E-state index in [1.165, 1.54) is 7.05 Å². The highest BCUT2D eigenvalue weighted by Crippen LogP contribution is 2.42. The van der Waals surface area contributed by atoms with Crippen LogP contribution in [0.5, 0.6) is 0 Å². The van der Waals surface area contributed by atoms with Gasteiger partial charge in [0.15, 0.2) is 0 Å². The van der Waals surface area contributed by atoms with E-state index in [9.17, 15) is 17.9 Å². The molecule has 0 aromatic heterocycles. The van der Waals surface area contributed by atoms with Crippen molar-refractivity contribution in [3.8, 4) is 0 Å². The number of rotatable bonds is 3. The molecule has 134 valence electrons. The molecule has 2 aromatic rings. The van der Waals surface area contributed by atoms with Crippen molar-refractivity contribution >= 4 is 44.8 Å². The van der Waals surface area contributed by atoms with Gasteiger partial charge in [0.1, 0.15) is 10.7 Å². The molecule has 0 amide bonds. The van der Waals surface area contributed by atoms with Gasteiger partial charge in [-0.05, 0) is 41.5 Å². The van der Waals surface area contributed by atoms with Crippen LogP contribution in [0.4, 0.5) is 4.39 Å². The topological polar surface area (TPSA) is 57.6 Å². The van der Waals surface area contributed by atoms with Gasteiger partial charge >= 0.3 is 0 Å². The van der Waals surface area contributed by atoms with Crippen LogP contribution in [0.2, 0.25) is 15.1 Å². The van der Waals surface area contributed by atoms with Gasteiger partial charge in [-0.3, -0.25) is 0 Å². The van der Waals surface area contributed by atoms with Crippen LogP contribution in [0.25, 0.3) is 0 Å². The number of aliphatic hydroxyl groups excluding tert-OH is 1. The monoisotopic (exact) mass is 423 g/mol. The molecular formula is C16H13Cl3FNO3S. The largest absolute Gasteiger partial charge is 0.391 e. The summed E-state index contributed by atoms with van der Waals surface area (Å²) in [5.74, 6) is -0.642. The van der Waals surface area contributed by atoms with Gasteiger partial charge in [0.2, 0.25) is 10.0 Å². The maximum atomic E-state index is 13.2. The Labute approximate surface area is 159 Å². The van der Waals surface area contributed by atoms with E-state index in [0.717, 1.165) is 22.5 Å². The van der Waals surface area contributed by atoms with Crippen LogP contribution in [0.3, 0.4) is 0 Å². The lowest BCUT2D eigenvalue weighted by Gasteiger charge is -2.27. The molecule has 1 aliphatic carbocycles. The molecule has 25 heavy (non-hydrogen) atoms. The van der Waals surface area contributed by atoms with E-state index < -0.39 is 28.0 Å². The Morgan fingerprint density at radius 3 is 2.48 bits per heavy atom. The Balaban J connectivity index is 2.08. The fourth-order valence-corrected chi connectivity index (χ4v) is 5.51. The molecule has 0 unspecified atom stereocenters. The molecule has 1 N–H and O–H groups in total. The maximum Gasteiger partial charge on any atom is 0.244 e. The van der Waals surface area contributed by atoms with E-state index >= 15 is 0 Å². The molecule has 1 aliphatic rings. The second-order valence-electron chi connectivity index (χ2n) is 5.77. The molecule has 4 nitrogen and oxygen atoms in total. The van der Waals surface area contributed by atoms with Crippen LogP contribution < -0.4 is 0 Å². The van der Waals surface area contributed by atoms with E-state index in [2.05, 4.69) is 0 Å². The summed E-state index contributed by atoms with van der Waals surface area (Å²) >= 11 is 18.1. The Morgan fingerprint density at radius 2 is 1.84 bits per heavy atom. The summed E-state index contributed by atoms with van der Waals surface area (Å²) in [5, 5.41) is 10.9. The zero-order valence-electron chi connectivity index (χ0n) is 12.9. The summed E-state index contributed by atoms with van der Waals surface area (Å²) in [6.07, 6.45) is -0.794. The van der Waals surface area contributed by atoms with Gasteiger partial charge in [0, 0.05) is 23.5 Å². The Kier molecular flexibility index (Phi) is 5.05. The fourth-order valence-electron chi connectivity index (χ4n) is 3.06. The SMILES string of the molecule is CN([C@@H]1c2cc(Cl)cc(Cl)c2C[C@H]1O)S(=O)(=O)c1ccc(F)cc1Cl. The molecule has 9 heteroatoms. The summed E-state index contributed by atoms with van der Waals surface area (Å²) < 4.78 is 40.1. The molecule has 0 radical (unpaired) electrons. The van der Waals surface area contributed by atoms with E-state index in [1.807, 2.05) is 0 Å². The van der Waals surface area contributed by atoms with Crippen molar-refractivity contribution in [3.63, 3.8) is 0 Å². The van der Waals surface area contributed by atoms with Gasteiger partial charge in [-0.15, -0.1) is 0 Å². The van der Waals surface area contributed by atoms with Crippen molar-refractivity contribution in [2.75, 3.05) is 7.05 Å².